The zero-order valence-corrected chi connectivity index (χ0v) is 9.64. The summed E-state index contributed by atoms with van der Waals surface area (Å²) in [4.78, 5) is 10.6. The van der Waals surface area contributed by atoms with Crippen molar-refractivity contribution in [3.8, 4) is 0 Å². The molecule has 2 nitrogen and oxygen atoms in total. The highest BCUT2D eigenvalue weighted by Crippen LogP contribution is 2.16. The smallest absolute Gasteiger partial charge is 0.217 e. The van der Waals surface area contributed by atoms with E-state index in [1.54, 1.807) is 0 Å². The molecule has 0 radical (unpaired) electrons. The third-order valence-corrected chi connectivity index (χ3v) is 2.39. The lowest BCUT2D eigenvalue weighted by atomic mass is 10.1. The third-order valence-electron chi connectivity index (χ3n) is 1.96. The second-order valence-electron chi connectivity index (χ2n) is 3.35. The fraction of sp³-hybridized carbons (Fsp3) is 0.250. The molecule has 0 saturated heterocycles. The second-order valence-corrected chi connectivity index (χ2v) is 3.76. The van der Waals surface area contributed by atoms with Crippen molar-refractivity contribution in [2.24, 2.45) is 0 Å². The minimum atomic E-state index is -0.0214. The van der Waals surface area contributed by atoms with E-state index >= 15 is 0 Å². The average Bonchev–Trinajstić information content (AvgIpc) is 2.18. The molecule has 0 heterocycles. The third kappa shape index (κ3) is 4.17. The standard InChI is InChI=1S/C12H14ClNO/c1-9-8-11(5-6-12(9)13)4-3-7-14-10(2)15/h3-6,8H,7H2,1-2H3,(H,14,15). The fourth-order valence-electron chi connectivity index (χ4n) is 1.17. The zero-order chi connectivity index (χ0) is 11.3. The molecular formula is C12H14ClNO. The van der Waals surface area contributed by atoms with Crippen LogP contribution in [0.25, 0.3) is 6.08 Å². The topological polar surface area (TPSA) is 29.1 Å². The monoisotopic (exact) mass is 223 g/mol. The first-order valence-electron chi connectivity index (χ1n) is 4.76. The summed E-state index contributed by atoms with van der Waals surface area (Å²) in [6, 6.07) is 5.82. The van der Waals surface area contributed by atoms with Crippen molar-refractivity contribution in [1.82, 2.24) is 5.32 Å². The lowest BCUT2D eigenvalue weighted by Crippen LogP contribution is -2.19. The maximum absolute atomic E-state index is 10.6. The molecule has 0 saturated carbocycles. The Balaban J connectivity index is 2.57. The summed E-state index contributed by atoms with van der Waals surface area (Å²) >= 11 is 5.90. The van der Waals surface area contributed by atoms with E-state index in [0.29, 0.717) is 6.54 Å². The number of hydrogen-bond acceptors (Lipinski definition) is 1. The van der Waals surface area contributed by atoms with Crippen molar-refractivity contribution < 1.29 is 4.79 Å². The van der Waals surface area contributed by atoms with Crippen LogP contribution < -0.4 is 5.32 Å². The van der Waals surface area contributed by atoms with Gasteiger partial charge in [-0.2, -0.15) is 0 Å². The van der Waals surface area contributed by atoms with Gasteiger partial charge < -0.3 is 5.32 Å². The maximum atomic E-state index is 10.6. The summed E-state index contributed by atoms with van der Waals surface area (Å²) in [6.07, 6.45) is 3.86. The van der Waals surface area contributed by atoms with E-state index in [0.717, 1.165) is 16.1 Å². The van der Waals surface area contributed by atoms with E-state index in [2.05, 4.69) is 5.32 Å². The van der Waals surface area contributed by atoms with Crippen molar-refractivity contribution in [2.75, 3.05) is 6.54 Å². The van der Waals surface area contributed by atoms with Crippen molar-refractivity contribution in [1.29, 1.82) is 0 Å². The number of benzene rings is 1. The van der Waals surface area contributed by atoms with Gasteiger partial charge in [0.05, 0.1) is 0 Å². The van der Waals surface area contributed by atoms with Crippen LogP contribution in [0.3, 0.4) is 0 Å². The van der Waals surface area contributed by atoms with Gasteiger partial charge in [0.15, 0.2) is 0 Å². The predicted molar refractivity (Wildman–Crippen MR) is 63.9 cm³/mol. The number of aryl methyl sites for hydroxylation is 1. The Bertz CT molecular complexity index is 385. The van der Waals surface area contributed by atoms with Gasteiger partial charge in [0.1, 0.15) is 0 Å². The predicted octanol–water partition coefficient (Wildman–Crippen LogP) is 2.80. The zero-order valence-electron chi connectivity index (χ0n) is 8.88. The van der Waals surface area contributed by atoms with E-state index in [1.807, 2.05) is 37.3 Å². The van der Waals surface area contributed by atoms with E-state index in [9.17, 15) is 4.79 Å². The SMILES string of the molecule is CC(=O)NCC=Cc1ccc(Cl)c(C)c1. The molecule has 1 amide bonds. The molecule has 0 aliphatic carbocycles. The number of rotatable bonds is 3. The lowest BCUT2D eigenvalue weighted by Gasteiger charge is -1.99. The lowest BCUT2D eigenvalue weighted by molar-refractivity contribution is -0.118. The van der Waals surface area contributed by atoms with E-state index in [-0.39, 0.29) is 5.91 Å². The van der Waals surface area contributed by atoms with Crippen LogP contribution in [0.15, 0.2) is 24.3 Å². The highest BCUT2D eigenvalue weighted by molar-refractivity contribution is 6.31. The van der Waals surface area contributed by atoms with Crippen LogP contribution in [0.4, 0.5) is 0 Å². The summed E-state index contributed by atoms with van der Waals surface area (Å²) in [5, 5.41) is 3.46. The summed E-state index contributed by atoms with van der Waals surface area (Å²) in [5.41, 5.74) is 2.14. The molecule has 0 aliphatic rings. The van der Waals surface area contributed by atoms with Crippen LogP contribution >= 0.6 is 11.6 Å². The molecule has 15 heavy (non-hydrogen) atoms. The van der Waals surface area contributed by atoms with Crippen LogP contribution in [-0.2, 0) is 4.79 Å². The Hall–Kier alpha value is -1.28. The van der Waals surface area contributed by atoms with Gasteiger partial charge >= 0.3 is 0 Å². The number of carbonyl (C=O) groups is 1. The Morgan fingerprint density at radius 3 is 2.87 bits per heavy atom. The van der Waals surface area contributed by atoms with Gasteiger partial charge in [0.25, 0.3) is 0 Å². The molecule has 1 rings (SSSR count). The Morgan fingerprint density at radius 2 is 2.27 bits per heavy atom. The van der Waals surface area contributed by atoms with E-state index < -0.39 is 0 Å². The molecule has 80 valence electrons. The van der Waals surface area contributed by atoms with Gasteiger partial charge in [-0.05, 0) is 24.1 Å². The number of nitrogens with one attached hydrogen (secondary N) is 1. The first-order valence-corrected chi connectivity index (χ1v) is 5.14. The van der Waals surface area contributed by atoms with Crippen LogP contribution in [0.2, 0.25) is 5.02 Å². The van der Waals surface area contributed by atoms with Crippen LogP contribution in [-0.4, -0.2) is 12.5 Å². The second kappa shape index (κ2) is 5.56. The molecule has 1 aromatic carbocycles. The molecule has 3 heteroatoms. The number of amides is 1. The van der Waals surface area contributed by atoms with Gasteiger partial charge in [-0.25, -0.2) is 0 Å². The molecule has 0 fully saturated rings. The molecule has 0 unspecified atom stereocenters. The highest BCUT2D eigenvalue weighted by Gasteiger charge is 1.94. The highest BCUT2D eigenvalue weighted by atomic mass is 35.5. The van der Waals surface area contributed by atoms with Crippen molar-refractivity contribution >= 4 is 23.6 Å². The Labute approximate surface area is 94.9 Å². The quantitative estimate of drug-likeness (QED) is 0.839. The first-order chi connectivity index (χ1) is 7.09. The summed E-state index contributed by atoms with van der Waals surface area (Å²) in [6.45, 7) is 4.02. The summed E-state index contributed by atoms with van der Waals surface area (Å²) in [5.74, 6) is -0.0214. The molecule has 0 aromatic heterocycles. The normalized spacial score (nSPS) is 10.6. The minimum Gasteiger partial charge on any atom is -0.353 e. The average molecular weight is 224 g/mol. The minimum absolute atomic E-state index is 0.0214. The van der Waals surface area contributed by atoms with Crippen molar-refractivity contribution in [3.05, 3.63) is 40.4 Å². The number of carbonyl (C=O) groups excluding carboxylic acids is 1. The van der Waals surface area contributed by atoms with Gasteiger partial charge in [0.2, 0.25) is 5.91 Å². The molecule has 0 bridgehead atoms. The van der Waals surface area contributed by atoms with Crippen molar-refractivity contribution in [3.63, 3.8) is 0 Å². The van der Waals surface area contributed by atoms with Gasteiger partial charge in [-0.15, -0.1) is 0 Å². The first kappa shape index (κ1) is 11.8. The molecule has 0 aliphatic heterocycles. The van der Waals surface area contributed by atoms with Crippen LogP contribution in [0.5, 0.6) is 0 Å². The fourth-order valence-corrected chi connectivity index (χ4v) is 1.29. The van der Waals surface area contributed by atoms with Crippen LogP contribution in [0.1, 0.15) is 18.1 Å². The largest absolute Gasteiger partial charge is 0.353 e. The summed E-state index contributed by atoms with van der Waals surface area (Å²) < 4.78 is 0. The Morgan fingerprint density at radius 1 is 1.53 bits per heavy atom. The molecule has 0 atom stereocenters. The van der Waals surface area contributed by atoms with Crippen LogP contribution in [0, 0.1) is 6.92 Å². The molecule has 1 aromatic rings. The number of hydrogen-bond donors (Lipinski definition) is 1. The summed E-state index contributed by atoms with van der Waals surface area (Å²) in [7, 11) is 0. The van der Waals surface area contributed by atoms with Gasteiger partial charge in [-0.3, -0.25) is 4.79 Å². The Kier molecular flexibility index (Phi) is 4.37. The number of halogens is 1. The van der Waals surface area contributed by atoms with Crippen molar-refractivity contribution in [2.45, 2.75) is 13.8 Å². The maximum Gasteiger partial charge on any atom is 0.217 e. The van der Waals surface area contributed by atoms with E-state index in [4.69, 9.17) is 11.6 Å². The van der Waals surface area contributed by atoms with Gasteiger partial charge in [-0.1, -0.05) is 35.9 Å². The molecule has 1 N–H and O–H groups in total. The van der Waals surface area contributed by atoms with E-state index in [1.165, 1.54) is 6.92 Å². The molecular weight excluding hydrogens is 210 g/mol. The molecule has 0 spiro atoms. The van der Waals surface area contributed by atoms with Gasteiger partial charge in [0, 0.05) is 18.5 Å².